The van der Waals surface area contributed by atoms with E-state index in [1.54, 1.807) is 24.3 Å². The van der Waals surface area contributed by atoms with Gasteiger partial charge in [-0.05, 0) is 24.0 Å². The molecule has 1 aromatic carbocycles. The minimum Gasteiger partial charge on any atom is -0.389 e. The van der Waals surface area contributed by atoms with Gasteiger partial charge in [-0.3, -0.25) is 4.79 Å². The zero-order valence-electron chi connectivity index (χ0n) is 12.2. The number of anilines is 1. The van der Waals surface area contributed by atoms with Crippen LogP contribution in [0.15, 0.2) is 24.3 Å². The van der Waals surface area contributed by atoms with E-state index in [0.717, 1.165) is 12.0 Å². The lowest BCUT2D eigenvalue weighted by Gasteiger charge is -2.17. The number of hydrogen-bond donors (Lipinski definition) is 2. The van der Waals surface area contributed by atoms with Gasteiger partial charge in [-0.1, -0.05) is 45.1 Å². The lowest BCUT2D eigenvalue weighted by molar-refractivity contribution is -0.120. The van der Waals surface area contributed by atoms with Crippen molar-refractivity contribution in [2.24, 2.45) is 11.1 Å². The Hall–Kier alpha value is -1.46. The lowest BCUT2D eigenvalue weighted by Crippen LogP contribution is -2.20. The molecule has 0 aliphatic rings. The minimum atomic E-state index is -0.181. The largest absolute Gasteiger partial charge is 0.389 e. The fourth-order valence-electron chi connectivity index (χ4n) is 1.49. The highest BCUT2D eigenvalue weighted by Gasteiger charge is 2.10. The molecule has 0 aliphatic carbocycles. The summed E-state index contributed by atoms with van der Waals surface area (Å²) in [6.07, 6.45) is 0.914. The van der Waals surface area contributed by atoms with Crippen molar-refractivity contribution in [3.05, 3.63) is 29.8 Å². The summed E-state index contributed by atoms with van der Waals surface area (Å²) in [7, 11) is 0. The Morgan fingerprint density at radius 3 is 2.70 bits per heavy atom. The van der Waals surface area contributed by atoms with Crippen LogP contribution in [-0.4, -0.2) is 24.1 Å². The highest BCUT2D eigenvalue weighted by atomic mass is 32.1. The average Bonchev–Trinajstić information content (AvgIpc) is 2.34. The summed E-state index contributed by atoms with van der Waals surface area (Å²) in [4.78, 5) is 12.0. The highest BCUT2D eigenvalue weighted by molar-refractivity contribution is 7.80. The van der Waals surface area contributed by atoms with E-state index in [2.05, 4.69) is 26.1 Å². The van der Waals surface area contributed by atoms with Crippen molar-refractivity contribution >= 4 is 28.8 Å². The number of amides is 1. The van der Waals surface area contributed by atoms with Gasteiger partial charge in [0, 0.05) is 17.9 Å². The molecule has 0 saturated carbocycles. The Morgan fingerprint density at radius 2 is 2.10 bits per heavy atom. The van der Waals surface area contributed by atoms with Gasteiger partial charge in [-0.25, -0.2) is 0 Å². The van der Waals surface area contributed by atoms with Gasteiger partial charge in [0.1, 0.15) is 11.6 Å². The molecule has 0 saturated heterocycles. The molecular weight excluding hydrogens is 272 g/mol. The summed E-state index contributed by atoms with van der Waals surface area (Å²) in [6, 6.07) is 7.13. The first-order chi connectivity index (χ1) is 9.28. The fourth-order valence-corrected chi connectivity index (χ4v) is 1.62. The zero-order valence-corrected chi connectivity index (χ0v) is 13.0. The molecule has 4 nitrogen and oxygen atoms in total. The third kappa shape index (κ3) is 6.63. The van der Waals surface area contributed by atoms with Gasteiger partial charge in [0.05, 0.1) is 0 Å². The second kappa shape index (κ2) is 7.36. The fraction of sp³-hybridized carbons (Fsp3) is 0.467. The van der Waals surface area contributed by atoms with Crippen LogP contribution in [0.1, 0.15) is 32.8 Å². The predicted molar refractivity (Wildman–Crippen MR) is 85.9 cm³/mol. The molecule has 1 rings (SSSR count). The Balaban J connectivity index is 2.39. The Bertz CT molecular complexity index is 481. The third-order valence-electron chi connectivity index (χ3n) is 2.66. The van der Waals surface area contributed by atoms with Crippen molar-refractivity contribution in [2.45, 2.75) is 27.2 Å². The van der Waals surface area contributed by atoms with E-state index in [-0.39, 0.29) is 17.9 Å². The van der Waals surface area contributed by atoms with Gasteiger partial charge < -0.3 is 15.8 Å². The molecule has 5 heteroatoms. The summed E-state index contributed by atoms with van der Waals surface area (Å²) in [6.45, 7) is 7.03. The number of nitrogens with two attached hydrogens (primary N) is 1. The van der Waals surface area contributed by atoms with Crippen LogP contribution in [-0.2, 0) is 9.53 Å². The van der Waals surface area contributed by atoms with E-state index in [9.17, 15) is 4.79 Å². The molecule has 0 unspecified atom stereocenters. The Morgan fingerprint density at radius 1 is 1.40 bits per heavy atom. The molecule has 1 aromatic rings. The van der Waals surface area contributed by atoms with Gasteiger partial charge in [-0.15, -0.1) is 0 Å². The van der Waals surface area contributed by atoms with Crippen LogP contribution >= 0.6 is 12.2 Å². The van der Waals surface area contributed by atoms with Gasteiger partial charge in [-0.2, -0.15) is 0 Å². The second-order valence-electron chi connectivity index (χ2n) is 5.86. The van der Waals surface area contributed by atoms with Crippen molar-refractivity contribution in [1.82, 2.24) is 0 Å². The SMILES string of the molecule is CC(C)(C)CCOCC(=O)Nc1cccc(C(N)=S)c1. The quantitative estimate of drug-likeness (QED) is 0.625. The Kier molecular flexibility index (Phi) is 6.10. The molecule has 0 bridgehead atoms. The predicted octanol–water partition coefficient (Wildman–Crippen LogP) is 2.71. The van der Waals surface area contributed by atoms with E-state index in [1.807, 2.05) is 0 Å². The van der Waals surface area contributed by atoms with Crippen molar-refractivity contribution in [2.75, 3.05) is 18.5 Å². The smallest absolute Gasteiger partial charge is 0.250 e. The number of benzene rings is 1. The van der Waals surface area contributed by atoms with Crippen LogP contribution in [0, 0.1) is 5.41 Å². The first-order valence-electron chi connectivity index (χ1n) is 6.55. The average molecular weight is 294 g/mol. The topological polar surface area (TPSA) is 64.3 Å². The van der Waals surface area contributed by atoms with Gasteiger partial charge >= 0.3 is 0 Å². The van der Waals surface area contributed by atoms with Crippen LogP contribution in [0.3, 0.4) is 0 Å². The lowest BCUT2D eigenvalue weighted by atomic mass is 9.93. The molecule has 0 aliphatic heterocycles. The van der Waals surface area contributed by atoms with Gasteiger partial charge in [0.25, 0.3) is 0 Å². The van der Waals surface area contributed by atoms with Crippen LogP contribution in [0.2, 0.25) is 0 Å². The first kappa shape index (κ1) is 16.6. The maximum Gasteiger partial charge on any atom is 0.250 e. The zero-order chi connectivity index (χ0) is 15.2. The summed E-state index contributed by atoms with van der Waals surface area (Å²) in [5.41, 5.74) is 7.15. The van der Waals surface area contributed by atoms with Crippen molar-refractivity contribution in [3.8, 4) is 0 Å². The molecule has 1 amide bonds. The van der Waals surface area contributed by atoms with Crippen molar-refractivity contribution < 1.29 is 9.53 Å². The standard InChI is InChI=1S/C15H22N2O2S/c1-15(2,3)7-8-19-10-13(18)17-12-6-4-5-11(9-12)14(16)20/h4-6,9H,7-8,10H2,1-3H3,(H2,16,20)(H,17,18). The van der Waals surface area contributed by atoms with Crippen LogP contribution < -0.4 is 11.1 Å². The maximum absolute atomic E-state index is 11.7. The molecule has 110 valence electrons. The first-order valence-corrected chi connectivity index (χ1v) is 6.96. The normalized spacial score (nSPS) is 11.2. The molecule has 0 fully saturated rings. The molecule has 20 heavy (non-hydrogen) atoms. The van der Waals surface area contributed by atoms with E-state index >= 15 is 0 Å². The Labute approximate surface area is 125 Å². The van der Waals surface area contributed by atoms with Crippen molar-refractivity contribution in [1.29, 1.82) is 0 Å². The summed E-state index contributed by atoms with van der Waals surface area (Å²) in [5, 5.41) is 2.76. The van der Waals surface area contributed by atoms with Crippen molar-refractivity contribution in [3.63, 3.8) is 0 Å². The van der Waals surface area contributed by atoms with Crippen LogP contribution in [0.5, 0.6) is 0 Å². The second-order valence-corrected chi connectivity index (χ2v) is 6.30. The summed E-state index contributed by atoms with van der Waals surface area (Å²) in [5.74, 6) is -0.181. The highest BCUT2D eigenvalue weighted by Crippen LogP contribution is 2.17. The summed E-state index contributed by atoms with van der Waals surface area (Å²) < 4.78 is 5.36. The number of nitrogens with one attached hydrogen (secondary N) is 1. The maximum atomic E-state index is 11.7. The number of carbonyl (C=O) groups excluding carboxylic acids is 1. The molecule has 0 heterocycles. The molecular formula is C15H22N2O2S. The monoisotopic (exact) mass is 294 g/mol. The van der Waals surface area contributed by atoms with E-state index in [1.165, 1.54) is 0 Å². The van der Waals surface area contributed by atoms with E-state index in [0.29, 0.717) is 17.3 Å². The number of carbonyl (C=O) groups is 1. The van der Waals surface area contributed by atoms with Crippen LogP contribution in [0.4, 0.5) is 5.69 Å². The number of hydrogen-bond acceptors (Lipinski definition) is 3. The number of thiocarbonyl (C=S) groups is 1. The van der Waals surface area contributed by atoms with Gasteiger partial charge in [0.2, 0.25) is 5.91 Å². The number of rotatable bonds is 6. The van der Waals surface area contributed by atoms with E-state index < -0.39 is 0 Å². The number of ether oxygens (including phenoxy) is 1. The molecule has 0 radical (unpaired) electrons. The minimum absolute atomic E-state index is 0.0490. The molecule has 0 aromatic heterocycles. The van der Waals surface area contributed by atoms with Gasteiger partial charge in [0.15, 0.2) is 0 Å². The summed E-state index contributed by atoms with van der Waals surface area (Å²) >= 11 is 4.90. The van der Waals surface area contributed by atoms with Crippen LogP contribution in [0.25, 0.3) is 0 Å². The molecule has 0 atom stereocenters. The van der Waals surface area contributed by atoms with E-state index in [4.69, 9.17) is 22.7 Å². The molecule has 3 N–H and O–H groups in total. The molecule has 0 spiro atoms. The third-order valence-corrected chi connectivity index (χ3v) is 2.90.